The van der Waals surface area contributed by atoms with Crippen LogP contribution in [0.15, 0.2) is 18.3 Å². The second kappa shape index (κ2) is 4.60. The quantitative estimate of drug-likeness (QED) is 0.905. The summed E-state index contributed by atoms with van der Waals surface area (Å²) < 4.78 is 1.71. The summed E-state index contributed by atoms with van der Waals surface area (Å²) in [5.74, 6) is 0.0300. The number of carboxylic acid groups (broad SMARTS) is 1. The van der Waals surface area contributed by atoms with Crippen LogP contribution in [0.4, 0.5) is 0 Å². The summed E-state index contributed by atoms with van der Waals surface area (Å²) >= 11 is 0. The van der Waals surface area contributed by atoms with Gasteiger partial charge in [0.15, 0.2) is 11.5 Å². The normalized spacial score (nSPS) is 17.9. The third-order valence-corrected chi connectivity index (χ3v) is 3.97. The van der Waals surface area contributed by atoms with Gasteiger partial charge in [0.1, 0.15) is 0 Å². The Morgan fingerprint density at radius 2 is 2.16 bits per heavy atom. The van der Waals surface area contributed by atoms with Crippen molar-refractivity contribution in [3.8, 4) is 0 Å². The molecule has 1 aliphatic rings. The predicted octanol–water partition coefficient (Wildman–Crippen LogP) is 1.70. The van der Waals surface area contributed by atoms with E-state index in [9.17, 15) is 4.79 Å². The Kier molecular flexibility index (Phi) is 2.93. The van der Waals surface area contributed by atoms with Crippen LogP contribution in [0.25, 0.3) is 5.65 Å². The molecule has 1 N–H and O–H groups in total. The molecule has 0 aromatic carbocycles. The largest absolute Gasteiger partial charge is 0.481 e. The third-order valence-electron chi connectivity index (χ3n) is 3.97. The molecule has 0 unspecified atom stereocenters. The van der Waals surface area contributed by atoms with Gasteiger partial charge in [0.25, 0.3) is 0 Å². The standard InChI is InChI=1S/C13H16N4O2/c18-12(19)9-13(5-1-2-6-13)8-11-16-15-10-4-3-7-14-17(10)11/h3-4,7H,1-2,5-6,8-9H2,(H,18,19). The van der Waals surface area contributed by atoms with Crippen LogP contribution in [-0.4, -0.2) is 30.9 Å². The van der Waals surface area contributed by atoms with Crippen LogP contribution < -0.4 is 0 Å². The molecular weight excluding hydrogens is 244 g/mol. The van der Waals surface area contributed by atoms with Gasteiger partial charge in [0.2, 0.25) is 0 Å². The lowest BCUT2D eigenvalue weighted by molar-refractivity contribution is -0.139. The van der Waals surface area contributed by atoms with Crippen LogP contribution in [0.5, 0.6) is 0 Å². The third kappa shape index (κ3) is 2.30. The van der Waals surface area contributed by atoms with E-state index >= 15 is 0 Å². The molecule has 3 rings (SSSR count). The number of hydrogen-bond acceptors (Lipinski definition) is 4. The van der Waals surface area contributed by atoms with Crippen LogP contribution in [0.2, 0.25) is 0 Å². The molecule has 0 bridgehead atoms. The minimum atomic E-state index is -0.733. The van der Waals surface area contributed by atoms with Gasteiger partial charge in [-0.25, -0.2) is 0 Å². The Bertz CT molecular complexity index is 601. The van der Waals surface area contributed by atoms with Gasteiger partial charge >= 0.3 is 5.97 Å². The molecule has 2 aromatic rings. The van der Waals surface area contributed by atoms with Gasteiger partial charge in [-0.05, 0) is 30.4 Å². The molecule has 0 saturated heterocycles. The summed E-state index contributed by atoms with van der Waals surface area (Å²) in [5.41, 5.74) is 0.535. The number of hydrogen-bond donors (Lipinski definition) is 1. The molecule has 0 amide bonds. The summed E-state index contributed by atoms with van der Waals surface area (Å²) in [4.78, 5) is 11.1. The Hall–Kier alpha value is -1.98. The number of carbonyl (C=O) groups is 1. The first-order valence-electron chi connectivity index (χ1n) is 6.56. The summed E-state index contributed by atoms with van der Waals surface area (Å²) in [5, 5.41) is 21.6. The monoisotopic (exact) mass is 260 g/mol. The van der Waals surface area contributed by atoms with Gasteiger partial charge in [-0.3, -0.25) is 4.79 Å². The highest BCUT2D eigenvalue weighted by molar-refractivity contribution is 5.67. The smallest absolute Gasteiger partial charge is 0.303 e. The maximum atomic E-state index is 11.1. The first-order valence-corrected chi connectivity index (χ1v) is 6.56. The van der Waals surface area contributed by atoms with Gasteiger partial charge in [-0.1, -0.05) is 12.8 Å². The number of aromatic nitrogens is 4. The van der Waals surface area contributed by atoms with Crippen molar-refractivity contribution < 1.29 is 9.90 Å². The minimum Gasteiger partial charge on any atom is -0.481 e. The van der Waals surface area contributed by atoms with Crippen molar-refractivity contribution in [3.05, 3.63) is 24.2 Å². The predicted molar refractivity (Wildman–Crippen MR) is 67.6 cm³/mol. The number of carboxylic acids is 1. The van der Waals surface area contributed by atoms with E-state index in [2.05, 4.69) is 15.3 Å². The second-order valence-electron chi connectivity index (χ2n) is 5.36. The maximum absolute atomic E-state index is 11.1. The second-order valence-corrected chi connectivity index (χ2v) is 5.36. The van der Waals surface area contributed by atoms with E-state index in [1.807, 2.05) is 12.1 Å². The van der Waals surface area contributed by atoms with Gasteiger partial charge in [-0.15, -0.1) is 10.2 Å². The summed E-state index contributed by atoms with van der Waals surface area (Å²) in [6.07, 6.45) is 6.61. The van der Waals surface area contributed by atoms with Crippen molar-refractivity contribution in [3.63, 3.8) is 0 Å². The molecule has 2 heterocycles. The highest BCUT2D eigenvalue weighted by Crippen LogP contribution is 2.43. The van der Waals surface area contributed by atoms with Crippen molar-refractivity contribution in [1.82, 2.24) is 19.8 Å². The number of rotatable bonds is 4. The molecule has 0 spiro atoms. The van der Waals surface area contributed by atoms with Crippen molar-refractivity contribution in [2.24, 2.45) is 5.41 Å². The minimum absolute atomic E-state index is 0.174. The van der Waals surface area contributed by atoms with Crippen LogP contribution >= 0.6 is 0 Å². The average Bonchev–Trinajstić information content (AvgIpc) is 2.98. The van der Waals surface area contributed by atoms with E-state index in [0.717, 1.165) is 31.5 Å². The zero-order valence-electron chi connectivity index (χ0n) is 10.6. The molecule has 2 aromatic heterocycles. The topological polar surface area (TPSA) is 80.4 Å². The summed E-state index contributed by atoms with van der Waals surface area (Å²) in [6, 6.07) is 3.67. The highest BCUT2D eigenvalue weighted by atomic mass is 16.4. The molecule has 0 radical (unpaired) electrons. The van der Waals surface area contributed by atoms with E-state index in [4.69, 9.17) is 5.11 Å². The maximum Gasteiger partial charge on any atom is 0.303 e. The summed E-state index contributed by atoms with van der Waals surface area (Å²) in [6.45, 7) is 0. The van der Waals surface area contributed by atoms with E-state index in [1.165, 1.54) is 0 Å². The van der Waals surface area contributed by atoms with E-state index < -0.39 is 5.97 Å². The van der Waals surface area contributed by atoms with Crippen LogP contribution in [0.3, 0.4) is 0 Å². The lowest BCUT2D eigenvalue weighted by Crippen LogP contribution is -2.25. The van der Waals surface area contributed by atoms with E-state index in [0.29, 0.717) is 12.1 Å². The first-order chi connectivity index (χ1) is 9.19. The van der Waals surface area contributed by atoms with Crippen LogP contribution in [0, 0.1) is 5.41 Å². The molecule has 6 heteroatoms. The van der Waals surface area contributed by atoms with E-state index in [-0.39, 0.29) is 11.8 Å². The number of fused-ring (bicyclic) bond motifs is 1. The fourth-order valence-electron chi connectivity index (χ4n) is 3.10. The fraction of sp³-hybridized carbons (Fsp3) is 0.538. The average molecular weight is 260 g/mol. The lowest BCUT2D eigenvalue weighted by Gasteiger charge is -2.25. The van der Waals surface area contributed by atoms with Gasteiger partial charge < -0.3 is 5.11 Å². The Morgan fingerprint density at radius 1 is 1.37 bits per heavy atom. The molecule has 6 nitrogen and oxygen atoms in total. The highest BCUT2D eigenvalue weighted by Gasteiger charge is 2.37. The molecular formula is C13H16N4O2. The SMILES string of the molecule is O=C(O)CC1(Cc2nnc3cccnn23)CCCC1. The first kappa shape index (κ1) is 12.1. The van der Waals surface area contributed by atoms with Crippen molar-refractivity contribution in [1.29, 1.82) is 0 Å². The molecule has 100 valence electrons. The Morgan fingerprint density at radius 3 is 2.89 bits per heavy atom. The molecule has 0 aliphatic heterocycles. The zero-order valence-corrected chi connectivity index (χ0v) is 10.6. The Labute approximate surface area is 110 Å². The van der Waals surface area contributed by atoms with E-state index in [1.54, 1.807) is 10.7 Å². The molecule has 19 heavy (non-hydrogen) atoms. The molecule has 1 fully saturated rings. The number of aliphatic carboxylic acids is 1. The molecule has 1 saturated carbocycles. The van der Waals surface area contributed by atoms with Crippen molar-refractivity contribution in [2.45, 2.75) is 38.5 Å². The molecule has 1 aliphatic carbocycles. The fourth-order valence-corrected chi connectivity index (χ4v) is 3.10. The number of nitrogens with zero attached hydrogens (tertiary/aromatic N) is 4. The van der Waals surface area contributed by atoms with Gasteiger partial charge in [0.05, 0.1) is 6.42 Å². The van der Waals surface area contributed by atoms with Crippen molar-refractivity contribution >= 4 is 11.6 Å². The molecule has 0 atom stereocenters. The van der Waals surface area contributed by atoms with Crippen LogP contribution in [0.1, 0.15) is 37.9 Å². The van der Waals surface area contributed by atoms with Crippen LogP contribution in [-0.2, 0) is 11.2 Å². The zero-order chi connectivity index (χ0) is 13.3. The Balaban J connectivity index is 1.91. The lowest BCUT2D eigenvalue weighted by atomic mass is 9.79. The van der Waals surface area contributed by atoms with Crippen molar-refractivity contribution in [2.75, 3.05) is 0 Å². The van der Waals surface area contributed by atoms with Gasteiger partial charge in [-0.2, -0.15) is 9.61 Å². The van der Waals surface area contributed by atoms with Gasteiger partial charge in [0, 0.05) is 12.6 Å². The summed E-state index contributed by atoms with van der Waals surface area (Å²) in [7, 11) is 0.